The van der Waals surface area contributed by atoms with Crippen LogP contribution in [0.2, 0.25) is 0 Å². The SMILES string of the molecule is CCN(CCN)Cc1ccc(COc2cccc3c2CN([C@@H]2CCC(=O)NC2=O)C3=O)cc1. The predicted molar refractivity (Wildman–Crippen MR) is 123 cm³/mol. The molecule has 33 heavy (non-hydrogen) atoms. The Kier molecular flexibility index (Phi) is 7.05. The molecule has 1 fully saturated rings. The minimum Gasteiger partial charge on any atom is -0.489 e. The van der Waals surface area contributed by atoms with E-state index in [-0.39, 0.29) is 18.2 Å². The second kappa shape index (κ2) is 10.1. The highest BCUT2D eigenvalue weighted by atomic mass is 16.5. The number of carbonyl (C=O) groups is 3. The van der Waals surface area contributed by atoms with Crippen LogP contribution in [0.5, 0.6) is 5.75 Å². The molecule has 0 aliphatic carbocycles. The number of nitrogens with zero attached hydrogens (tertiary/aromatic N) is 2. The molecule has 8 nitrogen and oxygen atoms in total. The Morgan fingerprint density at radius 3 is 2.58 bits per heavy atom. The first-order valence-corrected chi connectivity index (χ1v) is 11.4. The molecular weight excluding hydrogens is 420 g/mol. The van der Waals surface area contributed by atoms with E-state index in [1.165, 1.54) is 10.5 Å². The number of rotatable bonds is 9. The average molecular weight is 451 g/mol. The minimum absolute atomic E-state index is 0.202. The molecule has 0 radical (unpaired) electrons. The van der Waals surface area contributed by atoms with Crippen molar-refractivity contribution in [2.45, 2.75) is 45.5 Å². The van der Waals surface area contributed by atoms with Gasteiger partial charge in [0.05, 0.1) is 6.54 Å². The maximum absolute atomic E-state index is 12.9. The molecule has 1 atom stereocenters. The highest BCUT2D eigenvalue weighted by molar-refractivity contribution is 6.05. The molecule has 0 bridgehead atoms. The molecule has 3 amide bonds. The first kappa shape index (κ1) is 22.9. The van der Waals surface area contributed by atoms with Gasteiger partial charge in [0.1, 0.15) is 18.4 Å². The fourth-order valence-electron chi connectivity index (χ4n) is 4.38. The summed E-state index contributed by atoms with van der Waals surface area (Å²) in [6, 6.07) is 13.1. The van der Waals surface area contributed by atoms with Crippen molar-refractivity contribution < 1.29 is 19.1 Å². The Labute approximate surface area is 193 Å². The van der Waals surface area contributed by atoms with Gasteiger partial charge >= 0.3 is 0 Å². The lowest BCUT2D eigenvalue weighted by Gasteiger charge is -2.29. The average Bonchev–Trinajstić information content (AvgIpc) is 3.15. The van der Waals surface area contributed by atoms with Crippen LogP contribution in [0.3, 0.4) is 0 Å². The van der Waals surface area contributed by atoms with Crippen LogP contribution in [0.25, 0.3) is 0 Å². The minimum atomic E-state index is -0.634. The number of ether oxygens (including phenoxy) is 1. The normalized spacial score (nSPS) is 18.0. The highest BCUT2D eigenvalue weighted by Crippen LogP contribution is 2.33. The van der Waals surface area contributed by atoms with Gasteiger partial charge in [0.15, 0.2) is 0 Å². The molecule has 3 N–H and O–H groups in total. The van der Waals surface area contributed by atoms with E-state index < -0.39 is 11.9 Å². The van der Waals surface area contributed by atoms with Crippen LogP contribution < -0.4 is 15.8 Å². The van der Waals surface area contributed by atoms with Crippen molar-refractivity contribution in [3.05, 3.63) is 64.7 Å². The number of nitrogens with two attached hydrogens (primary N) is 1. The summed E-state index contributed by atoms with van der Waals surface area (Å²) < 4.78 is 6.08. The van der Waals surface area contributed by atoms with Gasteiger partial charge in [-0.15, -0.1) is 0 Å². The van der Waals surface area contributed by atoms with Crippen LogP contribution in [0, 0.1) is 0 Å². The van der Waals surface area contributed by atoms with Gasteiger partial charge in [-0.25, -0.2) is 0 Å². The number of hydrogen-bond donors (Lipinski definition) is 2. The first-order valence-electron chi connectivity index (χ1n) is 11.4. The Hall–Kier alpha value is -3.23. The quantitative estimate of drug-likeness (QED) is 0.565. The molecule has 8 heteroatoms. The summed E-state index contributed by atoms with van der Waals surface area (Å²) in [5.41, 5.74) is 9.26. The van der Waals surface area contributed by atoms with Gasteiger partial charge in [-0.3, -0.25) is 24.6 Å². The smallest absolute Gasteiger partial charge is 0.255 e. The van der Waals surface area contributed by atoms with E-state index in [4.69, 9.17) is 10.5 Å². The second-order valence-electron chi connectivity index (χ2n) is 8.44. The number of likely N-dealkylation sites (N-methyl/N-ethyl adjacent to an activating group) is 1. The van der Waals surface area contributed by atoms with E-state index in [2.05, 4.69) is 41.4 Å². The van der Waals surface area contributed by atoms with Gasteiger partial charge in [-0.2, -0.15) is 0 Å². The highest BCUT2D eigenvalue weighted by Gasteiger charge is 2.40. The summed E-state index contributed by atoms with van der Waals surface area (Å²) in [5, 5.41) is 2.33. The first-order chi connectivity index (χ1) is 16.0. The molecule has 2 aromatic carbocycles. The number of hydrogen-bond acceptors (Lipinski definition) is 6. The van der Waals surface area contributed by atoms with Crippen LogP contribution in [0.4, 0.5) is 0 Å². The maximum Gasteiger partial charge on any atom is 0.255 e. The third-order valence-electron chi connectivity index (χ3n) is 6.26. The lowest BCUT2D eigenvalue weighted by Crippen LogP contribution is -2.52. The van der Waals surface area contributed by atoms with E-state index in [9.17, 15) is 14.4 Å². The fraction of sp³-hybridized carbons (Fsp3) is 0.400. The lowest BCUT2D eigenvalue weighted by atomic mass is 10.0. The van der Waals surface area contributed by atoms with E-state index in [0.29, 0.717) is 37.4 Å². The summed E-state index contributed by atoms with van der Waals surface area (Å²) >= 11 is 0. The van der Waals surface area contributed by atoms with E-state index in [0.717, 1.165) is 30.8 Å². The number of nitrogens with one attached hydrogen (secondary N) is 1. The van der Waals surface area contributed by atoms with Gasteiger partial charge < -0.3 is 15.4 Å². The number of fused-ring (bicyclic) bond motifs is 1. The molecule has 0 spiro atoms. The Balaban J connectivity index is 1.41. The maximum atomic E-state index is 12.9. The molecule has 1 saturated heterocycles. The molecule has 4 rings (SSSR count). The molecular formula is C25H30N4O4. The largest absolute Gasteiger partial charge is 0.489 e. The lowest BCUT2D eigenvalue weighted by molar-refractivity contribution is -0.136. The number of imide groups is 1. The van der Waals surface area contributed by atoms with E-state index in [1.807, 2.05) is 6.07 Å². The predicted octanol–water partition coefficient (Wildman–Crippen LogP) is 1.81. The van der Waals surface area contributed by atoms with Gasteiger partial charge in [0, 0.05) is 37.2 Å². The third-order valence-corrected chi connectivity index (χ3v) is 6.26. The molecule has 174 valence electrons. The molecule has 2 aromatic rings. The summed E-state index contributed by atoms with van der Waals surface area (Å²) in [6.45, 7) is 6.13. The Morgan fingerprint density at radius 1 is 1.12 bits per heavy atom. The summed E-state index contributed by atoms with van der Waals surface area (Å²) in [6.07, 6.45) is 0.575. The van der Waals surface area contributed by atoms with Gasteiger partial charge in [0.25, 0.3) is 5.91 Å². The molecule has 0 aromatic heterocycles. The standard InChI is InChI=1S/C25H30N4O4/c1-2-28(13-12-26)14-17-6-8-18(9-7-17)16-33-22-5-3-4-19-20(22)15-29(25(19)32)21-10-11-23(30)27-24(21)31/h3-9,21H,2,10-16,26H2,1H3,(H,27,30,31)/t21-/m1/s1. The van der Waals surface area contributed by atoms with Crippen molar-refractivity contribution in [3.8, 4) is 5.75 Å². The van der Waals surface area contributed by atoms with Crippen molar-refractivity contribution in [1.82, 2.24) is 15.1 Å². The Bertz CT molecular complexity index is 1040. The molecule has 2 aliphatic heterocycles. The summed E-state index contributed by atoms with van der Waals surface area (Å²) in [7, 11) is 0. The van der Waals surface area contributed by atoms with Crippen molar-refractivity contribution >= 4 is 17.7 Å². The summed E-state index contributed by atoms with van der Waals surface area (Å²) in [4.78, 5) is 40.5. The molecule has 0 saturated carbocycles. The molecule has 2 aliphatic rings. The summed E-state index contributed by atoms with van der Waals surface area (Å²) in [5.74, 6) is -0.271. The van der Waals surface area contributed by atoms with E-state index in [1.54, 1.807) is 12.1 Å². The van der Waals surface area contributed by atoms with Crippen LogP contribution in [-0.4, -0.2) is 53.2 Å². The van der Waals surface area contributed by atoms with Crippen LogP contribution >= 0.6 is 0 Å². The van der Waals surface area contributed by atoms with Crippen molar-refractivity contribution in [2.75, 3.05) is 19.6 Å². The van der Waals surface area contributed by atoms with Gasteiger partial charge in [-0.05, 0) is 36.2 Å². The van der Waals surface area contributed by atoms with Crippen LogP contribution in [0.15, 0.2) is 42.5 Å². The van der Waals surface area contributed by atoms with Crippen molar-refractivity contribution in [3.63, 3.8) is 0 Å². The Morgan fingerprint density at radius 2 is 1.88 bits per heavy atom. The van der Waals surface area contributed by atoms with Crippen molar-refractivity contribution in [1.29, 1.82) is 0 Å². The third kappa shape index (κ3) is 5.07. The van der Waals surface area contributed by atoms with Crippen molar-refractivity contribution in [2.24, 2.45) is 5.73 Å². The molecule has 2 heterocycles. The number of amides is 3. The monoisotopic (exact) mass is 450 g/mol. The number of benzene rings is 2. The topological polar surface area (TPSA) is 105 Å². The zero-order chi connectivity index (χ0) is 23.4. The van der Waals surface area contributed by atoms with Gasteiger partial charge in [-0.1, -0.05) is 37.3 Å². The number of carbonyl (C=O) groups excluding carboxylic acids is 3. The zero-order valence-electron chi connectivity index (χ0n) is 18.9. The fourth-order valence-corrected chi connectivity index (χ4v) is 4.38. The van der Waals surface area contributed by atoms with Crippen LogP contribution in [-0.2, 0) is 29.3 Å². The second-order valence-corrected chi connectivity index (χ2v) is 8.44. The number of piperidine rings is 1. The zero-order valence-corrected chi connectivity index (χ0v) is 18.9. The van der Waals surface area contributed by atoms with Crippen LogP contribution in [0.1, 0.15) is 46.8 Å². The van der Waals surface area contributed by atoms with Gasteiger partial charge in [0.2, 0.25) is 11.8 Å². The van der Waals surface area contributed by atoms with E-state index >= 15 is 0 Å². The molecule has 0 unspecified atom stereocenters.